The van der Waals surface area contributed by atoms with E-state index in [2.05, 4.69) is 20.6 Å². The third-order valence-electron chi connectivity index (χ3n) is 2.88. The summed E-state index contributed by atoms with van der Waals surface area (Å²) in [6.45, 7) is 0.478. The Morgan fingerprint density at radius 3 is 2.52 bits per heavy atom. The fraction of sp³-hybridized carbons (Fsp3) is 0.231. The van der Waals surface area contributed by atoms with Crippen molar-refractivity contribution >= 4 is 17.3 Å². The number of phenols is 1. The van der Waals surface area contributed by atoms with E-state index < -0.39 is 4.92 Å². The molecule has 0 saturated carbocycles. The molecule has 0 aliphatic carbocycles. The summed E-state index contributed by atoms with van der Waals surface area (Å²) in [6.07, 6.45) is 1.91. The van der Waals surface area contributed by atoms with E-state index in [9.17, 15) is 15.2 Å². The second-order valence-corrected chi connectivity index (χ2v) is 4.27. The van der Waals surface area contributed by atoms with E-state index in [0.29, 0.717) is 13.0 Å². The summed E-state index contributed by atoms with van der Waals surface area (Å²) < 4.78 is 0. The van der Waals surface area contributed by atoms with Gasteiger partial charge in [-0.05, 0) is 24.1 Å². The summed E-state index contributed by atoms with van der Waals surface area (Å²) >= 11 is 0. The molecule has 110 valence electrons. The monoisotopic (exact) mass is 289 g/mol. The minimum Gasteiger partial charge on any atom is -0.508 e. The van der Waals surface area contributed by atoms with Gasteiger partial charge in [-0.1, -0.05) is 12.1 Å². The Morgan fingerprint density at radius 2 is 1.90 bits per heavy atom. The van der Waals surface area contributed by atoms with Gasteiger partial charge in [0.15, 0.2) is 0 Å². The number of nitrogens with zero attached hydrogens (tertiary/aromatic N) is 3. The fourth-order valence-corrected chi connectivity index (χ4v) is 1.85. The van der Waals surface area contributed by atoms with Crippen molar-refractivity contribution in [1.29, 1.82) is 0 Å². The van der Waals surface area contributed by atoms with Gasteiger partial charge in [-0.3, -0.25) is 10.1 Å². The Kier molecular flexibility index (Phi) is 4.50. The lowest BCUT2D eigenvalue weighted by atomic mass is 10.1. The van der Waals surface area contributed by atoms with Crippen molar-refractivity contribution in [1.82, 2.24) is 9.97 Å². The average Bonchev–Trinajstić information content (AvgIpc) is 2.48. The van der Waals surface area contributed by atoms with E-state index in [-0.39, 0.29) is 23.1 Å². The van der Waals surface area contributed by atoms with Crippen molar-refractivity contribution in [2.45, 2.75) is 6.42 Å². The molecule has 0 saturated heterocycles. The zero-order chi connectivity index (χ0) is 15.2. The van der Waals surface area contributed by atoms with Crippen LogP contribution in [0.5, 0.6) is 5.75 Å². The van der Waals surface area contributed by atoms with Crippen LogP contribution in [0, 0.1) is 10.1 Å². The van der Waals surface area contributed by atoms with Crippen LogP contribution in [0.15, 0.2) is 30.6 Å². The molecule has 8 heteroatoms. The summed E-state index contributed by atoms with van der Waals surface area (Å²) in [4.78, 5) is 18.3. The molecule has 0 radical (unpaired) electrons. The Hall–Kier alpha value is -2.90. The second kappa shape index (κ2) is 6.51. The molecule has 0 bridgehead atoms. The van der Waals surface area contributed by atoms with E-state index in [4.69, 9.17) is 0 Å². The molecular weight excluding hydrogens is 274 g/mol. The number of phenolic OH excluding ortho intramolecular Hbond substituents is 1. The number of anilines is 2. The minimum atomic E-state index is -0.519. The molecule has 2 rings (SSSR count). The number of nitrogens with one attached hydrogen (secondary N) is 2. The van der Waals surface area contributed by atoms with Gasteiger partial charge in [0.2, 0.25) is 11.6 Å². The van der Waals surface area contributed by atoms with Crippen LogP contribution in [-0.4, -0.2) is 33.6 Å². The van der Waals surface area contributed by atoms with E-state index in [1.807, 2.05) is 0 Å². The van der Waals surface area contributed by atoms with Crippen molar-refractivity contribution in [2.75, 3.05) is 24.2 Å². The number of aromatic nitrogens is 2. The van der Waals surface area contributed by atoms with Gasteiger partial charge < -0.3 is 15.7 Å². The third kappa shape index (κ3) is 3.56. The number of hydrogen-bond acceptors (Lipinski definition) is 7. The molecule has 1 heterocycles. The molecule has 21 heavy (non-hydrogen) atoms. The molecule has 8 nitrogen and oxygen atoms in total. The molecule has 0 atom stereocenters. The topological polar surface area (TPSA) is 113 Å². The predicted molar refractivity (Wildman–Crippen MR) is 78.5 cm³/mol. The van der Waals surface area contributed by atoms with E-state index >= 15 is 0 Å². The van der Waals surface area contributed by atoms with E-state index in [1.165, 1.54) is 6.33 Å². The summed E-state index contributed by atoms with van der Waals surface area (Å²) in [5, 5.41) is 25.9. The zero-order valence-electron chi connectivity index (χ0n) is 11.4. The fourth-order valence-electron chi connectivity index (χ4n) is 1.85. The maximum Gasteiger partial charge on any atom is 0.353 e. The summed E-state index contributed by atoms with van der Waals surface area (Å²) in [6, 6.07) is 6.79. The third-order valence-corrected chi connectivity index (χ3v) is 2.88. The maximum absolute atomic E-state index is 11.1. The zero-order valence-corrected chi connectivity index (χ0v) is 11.4. The van der Waals surface area contributed by atoms with Crippen LogP contribution in [0.2, 0.25) is 0 Å². The summed E-state index contributed by atoms with van der Waals surface area (Å²) in [7, 11) is 1.57. The molecule has 3 N–H and O–H groups in total. The van der Waals surface area contributed by atoms with Crippen LogP contribution in [0.1, 0.15) is 5.56 Å². The lowest BCUT2D eigenvalue weighted by Gasteiger charge is -2.08. The normalized spacial score (nSPS) is 10.1. The molecule has 2 aromatic rings. The van der Waals surface area contributed by atoms with Crippen LogP contribution >= 0.6 is 0 Å². The SMILES string of the molecule is CNc1ncnc(NCCc2ccc(O)cc2)c1[N+](=O)[O-]. The molecular formula is C13H15N5O3. The van der Waals surface area contributed by atoms with Crippen molar-refractivity contribution in [3.05, 3.63) is 46.3 Å². The van der Waals surface area contributed by atoms with Gasteiger partial charge in [-0.25, -0.2) is 9.97 Å². The smallest absolute Gasteiger partial charge is 0.353 e. The van der Waals surface area contributed by atoms with Gasteiger partial charge in [-0.15, -0.1) is 0 Å². The first-order valence-corrected chi connectivity index (χ1v) is 6.30. The standard InChI is InChI=1S/C13H15N5O3/c1-14-12-11(18(20)21)13(17-8-16-12)15-7-6-9-2-4-10(19)5-3-9/h2-5,8,19H,6-7H2,1H3,(H2,14,15,16,17). The summed E-state index contributed by atoms with van der Waals surface area (Å²) in [5.41, 5.74) is 0.830. The first-order chi connectivity index (χ1) is 10.1. The predicted octanol–water partition coefficient (Wildman–Crippen LogP) is 1.79. The Bertz CT molecular complexity index is 630. The highest BCUT2D eigenvalue weighted by molar-refractivity contribution is 5.68. The van der Waals surface area contributed by atoms with Crippen LogP contribution < -0.4 is 10.6 Å². The number of aromatic hydroxyl groups is 1. The molecule has 0 fully saturated rings. The maximum atomic E-state index is 11.1. The lowest BCUT2D eigenvalue weighted by Crippen LogP contribution is -2.10. The van der Waals surface area contributed by atoms with Gasteiger partial charge in [0.25, 0.3) is 0 Å². The first-order valence-electron chi connectivity index (χ1n) is 6.30. The summed E-state index contributed by atoms with van der Waals surface area (Å²) in [5.74, 6) is 0.553. The van der Waals surface area contributed by atoms with Gasteiger partial charge in [0, 0.05) is 13.6 Å². The van der Waals surface area contributed by atoms with Gasteiger partial charge in [0.05, 0.1) is 4.92 Å². The number of rotatable bonds is 6. The molecule has 0 unspecified atom stereocenters. The lowest BCUT2D eigenvalue weighted by molar-refractivity contribution is -0.383. The average molecular weight is 289 g/mol. The minimum absolute atomic E-state index is 0.169. The largest absolute Gasteiger partial charge is 0.508 e. The van der Waals surface area contributed by atoms with Crippen LogP contribution in [0.25, 0.3) is 0 Å². The van der Waals surface area contributed by atoms with Gasteiger partial charge in [-0.2, -0.15) is 0 Å². The van der Waals surface area contributed by atoms with Crippen LogP contribution in [-0.2, 0) is 6.42 Å². The first kappa shape index (κ1) is 14.5. The quantitative estimate of drug-likeness (QED) is 0.548. The van der Waals surface area contributed by atoms with Gasteiger partial charge >= 0.3 is 5.69 Å². The molecule has 0 aliphatic rings. The molecule has 0 spiro atoms. The van der Waals surface area contributed by atoms with Crippen molar-refractivity contribution in [2.24, 2.45) is 0 Å². The number of nitro groups is 1. The van der Waals surface area contributed by atoms with E-state index in [0.717, 1.165) is 5.56 Å². The van der Waals surface area contributed by atoms with E-state index in [1.54, 1.807) is 31.3 Å². The Labute approximate surface area is 121 Å². The van der Waals surface area contributed by atoms with Crippen molar-refractivity contribution in [3.8, 4) is 5.75 Å². The second-order valence-electron chi connectivity index (χ2n) is 4.27. The highest BCUT2D eigenvalue weighted by Crippen LogP contribution is 2.28. The molecule has 0 amide bonds. The Morgan fingerprint density at radius 1 is 1.24 bits per heavy atom. The Balaban J connectivity index is 2.06. The number of benzene rings is 1. The van der Waals surface area contributed by atoms with Crippen LogP contribution in [0.3, 0.4) is 0 Å². The highest BCUT2D eigenvalue weighted by atomic mass is 16.6. The molecule has 1 aromatic heterocycles. The number of hydrogen-bond donors (Lipinski definition) is 3. The molecule has 1 aromatic carbocycles. The van der Waals surface area contributed by atoms with Crippen molar-refractivity contribution in [3.63, 3.8) is 0 Å². The molecule has 0 aliphatic heterocycles. The van der Waals surface area contributed by atoms with Crippen molar-refractivity contribution < 1.29 is 10.0 Å². The highest BCUT2D eigenvalue weighted by Gasteiger charge is 2.21. The van der Waals surface area contributed by atoms with Gasteiger partial charge in [0.1, 0.15) is 12.1 Å². The van der Waals surface area contributed by atoms with Crippen LogP contribution in [0.4, 0.5) is 17.3 Å².